The van der Waals surface area contributed by atoms with Crippen LogP contribution in [0.1, 0.15) is 35.0 Å². The molecule has 1 amide bonds. The maximum atomic E-state index is 13.0. The van der Waals surface area contributed by atoms with Crippen LogP contribution in [0.5, 0.6) is 0 Å². The Morgan fingerprint density at radius 3 is 2.74 bits per heavy atom. The number of ether oxygens (including phenoxy) is 1. The monoisotopic (exact) mass is 407 g/mol. The van der Waals surface area contributed by atoms with Crippen LogP contribution in [0.2, 0.25) is 4.47 Å². The molecule has 1 aliphatic heterocycles. The summed E-state index contributed by atoms with van der Waals surface area (Å²) >= 11 is 7.27. The molecule has 0 atom stereocenters. The highest BCUT2D eigenvalue weighted by atomic mass is 35.5. The number of thiazole rings is 1. The van der Waals surface area contributed by atoms with E-state index in [1.54, 1.807) is 18.0 Å². The third-order valence-electron chi connectivity index (χ3n) is 4.54. The van der Waals surface area contributed by atoms with E-state index in [0.29, 0.717) is 49.1 Å². The number of halogens is 1. The number of hydrogen-bond acceptors (Lipinski definition) is 6. The molecule has 8 heteroatoms. The Hall–Kier alpha value is -2.12. The summed E-state index contributed by atoms with van der Waals surface area (Å²) in [7, 11) is 0. The van der Waals surface area contributed by atoms with Gasteiger partial charge in [0.15, 0.2) is 4.47 Å². The summed E-state index contributed by atoms with van der Waals surface area (Å²) in [5.41, 5.74) is 1.40. The number of benzene rings is 1. The number of aromatic nitrogens is 1. The number of esters is 1. The van der Waals surface area contributed by atoms with Crippen LogP contribution >= 0.6 is 22.9 Å². The van der Waals surface area contributed by atoms with E-state index >= 15 is 0 Å². The van der Waals surface area contributed by atoms with Crippen LogP contribution in [0.3, 0.4) is 0 Å². The standard InChI is InChI=1S/C19H22ClN3O3S/c1-2-26-18(25)13-7-9-23(10-8-13)17(24)15-5-3-4-6-16(15)21-11-14-12-22-19(20)27-14/h3-6,12-13,21H,2,7-11H2,1H3. The predicted molar refractivity (Wildman–Crippen MR) is 106 cm³/mol. The lowest BCUT2D eigenvalue weighted by Gasteiger charge is -2.31. The molecule has 1 aliphatic rings. The minimum atomic E-state index is -0.158. The molecule has 1 N–H and O–H groups in total. The highest BCUT2D eigenvalue weighted by molar-refractivity contribution is 7.15. The molecule has 2 aromatic rings. The first-order chi connectivity index (χ1) is 13.1. The summed E-state index contributed by atoms with van der Waals surface area (Å²) in [5, 5.41) is 3.30. The van der Waals surface area contributed by atoms with Crippen molar-refractivity contribution in [2.45, 2.75) is 26.3 Å². The van der Waals surface area contributed by atoms with Gasteiger partial charge in [-0.2, -0.15) is 0 Å². The highest BCUT2D eigenvalue weighted by Gasteiger charge is 2.29. The third kappa shape index (κ3) is 4.99. The van der Waals surface area contributed by atoms with Gasteiger partial charge in [0.2, 0.25) is 0 Å². The molecule has 1 fully saturated rings. The van der Waals surface area contributed by atoms with Crippen LogP contribution in [-0.2, 0) is 16.1 Å². The molecule has 1 aromatic carbocycles. The highest BCUT2D eigenvalue weighted by Crippen LogP contribution is 2.24. The van der Waals surface area contributed by atoms with Crippen molar-refractivity contribution in [3.05, 3.63) is 45.4 Å². The van der Waals surface area contributed by atoms with Gasteiger partial charge in [-0.1, -0.05) is 23.7 Å². The molecule has 0 saturated carbocycles. The van der Waals surface area contributed by atoms with Gasteiger partial charge in [-0.25, -0.2) is 4.98 Å². The Labute approximate surface area is 167 Å². The minimum Gasteiger partial charge on any atom is -0.466 e. The van der Waals surface area contributed by atoms with Gasteiger partial charge in [0.25, 0.3) is 5.91 Å². The molecule has 27 heavy (non-hydrogen) atoms. The molecular formula is C19H22ClN3O3S. The Kier molecular flexibility index (Phi) is 6.68. The van der Waals surface area contributed by atoms with E-state index < -0.39 is 0 Å². The number of piperidine rings is 1. The van der Waals surface area contributed by atoms with Gasteiger partial charge in [-0.3, -0.25) is 9.59 Å². The summed E-state index contributed by atoms with van der Waals surface area (Å²) in [6.07, 6.45) is 3.00. The van der Waals surface area contributed by atoms with E-state index in [1.807, 2.05) is 24.3 Å². The Balaban J connectivity index is 1.62. The summed E-state index contributed by atoms with van der Waals surface area (Å²) in [4.78, 5) is 31.7. The Morgan fingerprint density at radius 1 is 1.33 bits per heavy atom. The smallest absolute Gasteiger partial charge is 0.309 e. The largest absolute Gasteiger partial charge is 0.466 e. The first-order valence-corrected chi connectivity index (χ1v) is 10.2. The molecule has 1 aromatic heterocycles. The molecule has 0 radical (unpaired) electrons. The van der Waals surface area contributed by atoms with Crippen LogP contribution in [-0.4, -0.2) is 41.5 Å². The van der Waals surface area contributed by atoms with Gasteiger partial charge in [-0.15, -0.1) is 11.3 Å². The molecule has 0 spiro atoms. The predicted octanol–water partition coefficient (Wildman–Crippen LogP) is 3.82. The van der Waals surface area contributed by atoms with Gasteiger partial charge in [0.1, 0.15) is 0 Å². The second-order valence-electron chi connectivity index (χ2n) is 6.30. The zero-order valence-electron chi connectivity index (χ0n) is 15.1. The summed E-state index contributed by atoms with van der Waals surface area (Å²) in [6, 6.07) is 7.46. The molecule has 2 heterocycles. The van der Waals surface area contributed by atoms with Crippen molar-refractivity contribution >= 4 is 40.5 Å². The summed E-state index contributed by atoms with van der Waals surface area (Å²) in [5.74, 6) is -0.295. The van der Waals surface area contributed by atoms with Crippen molar-refractivity contribution in [2.24, 2.45) is 5.92 Å². The fourth-order valence-corrected chi connectivity index (χ4v) is 4.04. The zero-order chi connectivity index (χ0) is 19.2. The average Bonchev–Trinajstić information content (AvgIpc) is 3.11. The van der Waals surface area contributed by atoms with Crippen LogP contribution < -0.4 is 5.32 Å². The van der Waals surface area contributed by atoms with Crippen molar-refractivity contribution in [3.8, 4) is 0 Å². The van der Waals surface area contributed by atoms with Crippen LogP contribution in [0, 0.1) is 5.92 Å². The van der Waals surface area contributed by atoms with Gasteiger partial charge in [0.05, 0.1) is 24.6 Å². The number of rotatable bonds is 6. The fraction of sp³-hybridized carbons (Fsp3) is 0.421. The molecule has 0 aliphatic carbocycles. The van der Waals surface area contributed by atoms with Crippen molar-refractivity contribution in [3.63, 3.8) is 0 Å². The maximum Gasteiger partial charge on any atom is 0.309 e. The van der Waals surface area contributed by atoms with Crippen molar-refractivity contribution < 1.29 is 14.3 Å². The number of anilines is 1. The lowest BCUT2D eigenvalue weighted by molar-refractivity contribution is -0.149. The van der Waals surface area contributed by atoms with E-state index in [9.17, 15) is 9.59 Å². The van der Waals surface area contributed by atoms with Gasteiger partial charge in [-0.05, 0) is 31.9 Å². The molecule has 6 nitrogen and oxygen atoms in total. The number of nitrogens with one attached hydrogen (secondary N) is 1. The number of carbonyl (C=O) groups excluding carboxylic acids is 2. The van der Waals surface area contributed by atoms with E-state index in [-0.39, 0.29) is 17.8 Å². The maximum absolute atomic E-state index is 13.0. The molecule has 0 bridgehead atoms. The summed E-state index contributed by atoms with van der Waals surface area (Å²) in [6.45, 7) is 3.87. The lowest BCUT2D eigenvalue weighted by atomic mass is 9.96. The second-order valence-corrected chi connectivity index (χ2v) is 7.99. The molecule has 3 rings (SSSR count). The molecule has 0 unspecified atom stereocenters. The number of amides is 1. The van der Waals surface area contributed by atoms with E-state index in [0.717, 1.165) is 10.6 Å². The quantitative estimate of drug-likeness (QED) is 0.737. The van der Waals surface area contributed by atoms with E-state index in [2.05, 4.69) is 10.3 Å². The number of hydrogen-bond donors (Lipinski definition) is 1. The minimum absolute atomic E-state index is 0.0252. The fourth-order valence-electron chi connectivity index (χ4n) is 3.12. The number of likely N-dealkylation sites (tertiary alicyclic amines) is 1. The van der Waals surface area contributed by atoms with Crippen molar-refractivity contribution in [2.75, 3.05) is 25.0 Å². The van der Waals surface area contributed by atoms with Crippen molar-refractivity contribution in [1.29, 1.82) is 0 Å². The third-order valence-corrected chi connectivity index (χ3v) is 5.65. The first kappa shape index (κ1) is 19.6. The lowest BCUT2D eigenvalue weighted by Crippen LogP contribution is -2.40. The van der Waals surface area contributed by atoms with Gasteiger partial charge >= 0.3 is 5.97 Å². The van der Waals surface area contributed by atoms with Crippen LogP contribution in [0.25, 0.3) is 0 Å². The molecule has 144 valence electrons. The Morgan fingerprint density at radius 2 is 2.07 bits per heavy atom. The summed E-state index contributed by atoms with van der Waals surface area (Å²) < 4.78 is 5.59. The SMILES string of the molecule is CCOC(=O)C1CCN(C(=O)c2ccccc2NCc2cnc(Cl)s2)CC1. The van der Waals surface area contributed by atoms with Crippen LogP contribution in [0.4, 0.5) is 5.69 Å². The van der Waals surface area contributed by atoms with E-state index in [1.165, 1.54) is 11.3 Å². The average molecular weight is 408 g/mol. The number of para-hydroxylation sites is 1. The molecular weight excluding hydrogens is 386 g/mol. The van der Waals surface area contributed by atoms with E-state index in [4.69, 9.17) is 16.3 Å². The normalized spacial score (nSPS) is 14.8. The topological polar surface area (TPSA) is 71.5 Å². The second kappa shape index (κ2) is 9.19. The number of nitrogens with zero attached hydrogens (tertiary/aromatic N) is 2. The van der Waals surface area contributed by atoms with Crippen molar-refractivity contribution in [1.82, 2.24) is 9.88 Å². The first-order valence-electron chi connectivity index (χ1n) is 8.97. The Bertz CT molecular complexity index is 803. The molecule has 1 saturated heterocycles. The van der Waals surface area contributed by atoms with Gasteiger partial charge in [0, 0.05) is 29.9 Å². The number of carbonyl (C=O) groups is 2. The van der Waals surface area contributed by atoms with Gasteiger partial charge < -0.3 is 15.0 Å². The van der Waals surface area contributed by atoms with Crippen LogP contribution in [0.15, 0.2) is 30.5 Å². The zero-order valence-corrected chi connectivity index (χ0v) is 16.7.